The minimum atomic E-state index is -1.56. The second-order valence-corrected chi connectivity index (χ2v) is 3.84. The monoisotopic (exact) mass is 236 g/mol. The molecule has 0 aliphatic rings. The summed E-state index contributed by atoms with van der Waals surface area (Å²) >= 11 is 6.04. The van der Waals surface area contributed by atoms with E-state index < -0.39 is 7.12 Å². The molecule has 0 amide bonds. The van der Waals surface area contributed by atoms with E-state index in [9.17, 15) is 10.0 Å². The van der Waals surface area contributed by atoms with Gasteiger partial charge in [-0.1, -0.05) is 29.8 Å². The Morgan fingerprint density at radius 1 is 1.25 bits per heavy atom. The van der Waals surface area contributed by atoms with E-state index in [4.69, 9.17) is 16.3 Å². The highest BCUT2D eigenvalue weighted by molar-refractivity contribution is 6.60. The predicted molar refractivity (Wildman–Crippen MR) is 65.3 cm³/mol. The van der Waals surface area contributed by atoms with E-state index in [0.29, 0.717) is 16.2 Å². The van der Waals surface area contributed by atoms with Crippen LogP contribution in [0.3, 0.4) is 0 Å². The molecular weight excluding hydrogens is 226 g/mol. The number of benzene rings is 2. The van der Waals surface area contributed by atoms with E-state index in [1.165, 1.54) is 7.11 Å². The fourth-order valence-electron chi connectivity index (χ4n) is 1.66. The summed E-state index contributed by atoms with van der Waals surface area (Å²) in [5, 5.41) is 20.7. The van der Waals surface area contributed by atoms with Crippen LogP contribution in [-0.4, -0.2) is 24.3 Å². The van der Waals surface area contributed by atoms with Gasteiger partial charge in [0.15, 0.2) is 0 Å². The maximum absolute atomic E-state index is 9.21. The van der Waals surface area contributed by atoms with E-state index in [2.05, 4.69) is 0 Å². The molecule has 0 fully saturated rings. The maximum atomic E-state index is 9.21. The van der Waals surface area contributed by atoms with Crippen molar-refractivity contribution in [3.63, 3.8) is 0 Å². The molecule has 0 atom stereocenters. The van der Waals surface area contributed by atoms with Crippen molar-refractivity contribution in [1.29, 1.82) is 0 Å². The van der Waals surface area contributed by atoms with E-state index in [0.717, 1.165) is 10.8 Å². The summed E-state index contributed by atoms with van der Waals surface area (Å²) in [4.78, 5) is 0. The second-order valence-electron chi connectivity index (χ2n) is 3.43. The summed E-state index contributed by atoms with van der Waals surface area (Å²) in [6.07, 6.45) is 0. The molecule has 0 radical (unpaired) electrons. The van der Waals surface area contributed by atoms with Crippen molar-refractivity contribution >= 4 is 35.0 Å². The zero-order valence-electron chi connectivity index (χ0n) is 8.64. The molecule has 16 heavy (non-hydrogen) atoms. The molecule has 0 aromatic heterocycles. The smallest absolute Gasteiger partial charge is 0.492 e. The summed E-state index contributed by atoms with van der Waals surface area (Å²) in [6, 6.07) is 8.80. The Labute approximate surface area is 98.4 Å². The molecule has 0 spiro atoms. The fraction of sp³-hybridized carbons (Fsp3) is 0.0909. The summed E-state index contributed by atoms with van der Waals surface area (Å²) in [5.74, 6) is 0.413. The van der Waals surface area contributed by atoms with E-state index >= 15 is 0 Å². The van der Waals surface area contributed by atoms with Crippen LogP contribution in [0.15, 0.2) is 30.3 Å². The van der Waals surface area contributed by atoms with Crippen molar-refractivity contribution < 1.29 is 14.8 Å². The van der Waals surface area contributed by atoms with Crippen molar-refractivity contribution in [1.82, 2.24) is 0 Å². The summed E-state index contributed by atoms with van der Waals surface area (Å²) in [7, 11) is -0.0810. The highest BCUT2D eigenvalue weighted by Gasteiger charge is 2.18. The van der Waals surface area contributed by atoms with Gasteiger partial charge in [0.1, 0.15) is 5.75 Å². The zero-order chi connectivity index (χ0) is 11.7. The first-order chi connectivity index (χ1) is 7.63. The number of ether oxygens (including phenoxy) is 1. The average Bonchev–Trinajstić information content (AvgIpc) is 2.28. The number of hydrogen-bond donors (Lipinski definition) is 2. The van der Waals surface area contributed by atoms with Crippen LogP contribution in [0.1, 0.15) is 0 Å². The van der Waals surface area contributed by atoms with Gasteiger partial charge in [0.2, 0.25) is 0 Å². The van der Waals surface area contributed by atoms with Gasteiger partial charge in [-0.2, -0.15) is 0 Å². The minimum absolute atomic E-state index is 0.331. The lowest BCUT2D eigenvalue weighted by Crippen LogP contribution is -2.31. The Morgan fingerprint density at radius 3 is 2.62 bits per heavy atom. The van der Waals surface area contributed by atoms with Gasteiger partial charge >= 0.3 is 7.12 Å². The number of hydrogen-bond acceptors (Lipinski definition) is 3. The van der Waals surface area contributed by atoms with Crippen LogP contribution < -0.4 is 10.2 Å². The molecule has 0 unspecified atom stereocenters. The van der Waals surface area contributed by atoms with Crippen LogP contribution in [0.4, 0.5) is 0 Å². The highest BCUT2D eigenvalue weighted by Crippen LogP contribution is 2.26. The highest BCUT2D eigenvalue weighted by atomic mass is 35.5. The van der Waals surface area contributed by atoms with E-state index in [-0.39, 0.29) is 0 Å². The third-order valence-electron chi connectivity index (χ3n) is 2.46. The SMILES string of the molecule is COc1cc2c(Cl)cccc2cc1B(O)O. The number of rotatable bonds is 2. The van der Waals surface area contributed by atoms with Crippen molar-refractivity contribution in [3.8, 4) is 5.75 Å². The van der Waals surface area contributed by atoms with E-state index in [1.807, 2.05) is 12.1 Å². The summed E-state index contributed by atoms with van der Waals surface area (Å²) in [5.41, 5.74) is 0.331. The zero-order valence-corrected chi connectivity index (χ0v) is 9.40. The lowest BCUT2D eigenvalue weighted by molar-refractivity contribution is 0.403. The Hall–Kier alpha value is -1.23. The van der Waals surface area contributed by atoms with Crippen molar-refractivity contribution in [3.05, 3.63) is 35.4 Å². The van der Waals surface area contributed by atoms with Crippen LogP contribution >= 0.6 is 11.6 Å². The van der Waals surface area contributed by atoms with Crippen molar-refractivity contribution in [2.75, 3.05) is 7.11 Å². The van der Waals surface area contributed by atoms with Crippen molar-refractivity contribution in [2.24, 2.45) is 0 Å². The van der Waals surface area contributed by atoms with Crippen LogP contribution in [0.2, 0.25) is 5.02 Å². The first-order valence-electron chi connectivity index (χ1n) is 4.76. The largest absolute Gasteiger partial charge is 0.497 e. The Morgan fingerprint density at radius 2 is 2.00 bits per heavy atom. The molecule has 2 rings (SSSR count). The van der Waals surface area contributed by atoms with Gasteiger partial charge in [-0.3, -0.25) is 0 Å². The lowest BCUT2D eigenvalue weighted by Gasteiger charge is -2.10. The number of methoxy groups -OCH3 is 1. The standard InChI is InChI=1S/C11H10BClO3/c1-16-11-6-8-7(3-2-4-10(8)13)5-9(11)12(14)15/h2-6,14-15H,1H3. The quantitative estimate of drug-likeness (QED) is 0.770. The summed E-state index contributed by atoms with van der Waals surface area (Å²) in [6.45, 7) is 0. The molecule has 0 heterocycles. The molecule has 0 saturated heterocycles. The van der Waals surface area contributed by atoms with Gasteiger partial charge in [-0.05, 0) is 17.5 Å². The van der Waals surface area contributed by atoms with Crippen LogP contribution in [0.5, 0.6) is 5.75 Å². The maximum Gasteiger partial charge on any atom is 0.492 e. The Balaban J connectivity index is 2.75. The molecule has 2 aromatic carbocycles. The molecular formula is C11H10BClO3. The molecule has 0 aliphatic carbocycles. The Bertz CT molecular complexity index is 528. The van der Waals surface area contributed by atoms with Gasteiger partial charge in [0.05, 0.1) is 7.11 Å². The first-order valence-corrected chi connectivity index (χ1v) is 5.13. The Kier molecular flexibility index (Phi) is 3.05. The third kappa shape index (κ3) is 1.87. The van der Waals surface area contributed by atoms with Gasteiger partial charge in [0, 0.05) is 15.9 Å². The molecule has 0 aliphatic heterocycles. The normalized spacial score (nSPS) is 10.5. The molecule has 5 heteroatoms. The molecule has 82 valence electrons. The van der Waals surface area contributed by atoms with Crippen molar-refractivity contribution in [2.45, 2.75) is 0 Å². The second kappa shape index (κ2) is 4.33. The molecule has 0 bridgehead atoms. The number of fused-ring (bicyclic) bond motifs is 1. The molecule has 3 nitrogen and oxygen atoms in total. The first kappa shape index (κ1) is 11.3. The molecule has 0 saturated carbocycles. The van der Waals surface area contributed by atoms with Gasteiger partial charge in [-0.25, -0.2) is 0 Å². The third-order valence-corrected chi connectivity index (χ3v) is 2.79. The lowest BCUT2D eigenvalue weighted by atomic mass is 9.78. The molecule has 2 aromatic rings. The summed E-state index contributed by atoms with van der Waals surface area (Å²) < 4.78 is 5.09. The number of halogens is 1. The average molecular weight is 236 g/mol. The minimum Gasteiger partial charge on any atom is -0.497 e. The van der Waals surface area contributed by atoms with E-state index in [1.54, 1.807) is 18.2 Å². The van der Waals surface area contributed by atoms with Gasteiger partial charge in [0.25, 0.3) is 0 Å². The van der Waals surface area contributed by atoms with Crippen LogP contribution in [-0.2, 0) is 0 Å². The topological polar surface area (TPSA) is 49.7 Å². The predicted octanol–water partition coefficient (Wildman–Crippen LogP) is 1.18. The van der Waals surface area contributed by atoms with Gasteiger partial charge < -0.3 is 14.8 Å². The van der Waals surface area contributed by atoms with Crippen LogP contribution in [0, 0.1) is 0 Å². The van der Waals surface area contributed by atoms with Crippen LogP contribution in [0.25, 0.3) is 10.8 Å². The fourth-order valence-corrected chi connectivity index (χ4v) is 1.90. The molecule has 2 N–H and O–H groups in total. The van der Waals surface area contributed by atoms with Gasteiger partial charge in [-0.15, -0.1) is 0 Å².